The Kier molecular flexibility index (Phi) is 6.31. The zero-order chi connectivity index (χ0) is 27.1. The summed E-state index contributed by atoms with van der Waals surface area (Å²) in [4.78, 5) is 30.1. The first kappa shape index (κ1) is 25.1. The van der Waals surface area contributed by atoms with Crippen LogP contribution >= 0.6 is 0 Å². The van der Waals surface area contributed by atoms with Gasteiger partial charge in [0.25, 0.3) is 0 Å². The first-order valence-electron chi connectivity index (χ1n) is 13.1. The predicted molar refractivity (Wildman–Crippen MR) is 153 cm³/mol. The van der Waals surface area contributed by atoms with Crippen LogP contribution in [0.3, 0.4) is 0 Å². The molecule has 4 aromatic rings. The van der Waals surface area contributed by atoms with Crippen LogP contribution in [0.5, 0.6) is 5.75 Å². The number of carbonyl (C=O) groups excluding carboxylic acids is 1. The average Bonchev–Trinajstić information content (AvgIpc) is 3.59. The zero-order valence-corrected chi connectivity index (χ0v) is 22.6. The molecule has 0 atom stereocenters. The van der Waals surface area contributed by atoms with E-state index in [1.54, 1.807) is 24.1 Å². The molecule has 3 aromatic heterocycles. The molecule has 2 aliphatic heterocycles. The number of hydrogen-bond donors (Lipinski definition) is 0. The number of anilines is 1. The zero-order valence-electron chi connectivity index (χ0n) is 22.6. The van der Waals surface area contributed by atoms with Gasteiger partial charge in [0.05, 0.1) is 49.3 Å². The highest BCUT2D eigenvalue weighted by molar-refractivity contribution is 6.06. The van der Waals surface area contributed by atoms with Crippen LogP contribution in [0.25, 0.3) is 38.6 Å². The molecule has 9 nitrogen and oxygen atoms in total. The van der Waals surface area contributed by atoms with Gasteiger partial charge in [-0.15, -0.1) is 0 Å². The van der Waals surface area contributed by atoms with E-state index >= 15 is 0 Å². The van der Waals surface area contributed by atoms with Gasteiger partial charge >= 0.3 is 6.09 Å². The maximum atomic E-state index is 13.7. The Hall–Kier alpha value is -4.24. The Bertz CT molecular complexity index is 1640. The Morgan fingerprint density at radius 3 is 2.62 bits per heavy atom. The van der Waals surface area contributed by atoms with E-state index in [4.69, 9.17) is 24.2 Å². The quantitative estimate of drug-likeness (QED) is 0.355. The van der Waals surface area contributed by atoms with Gasteiger partial charge in [-0.2, -0.15) is 0 Å². The number of benzene rings is 1. The molecule has 0 amide bonds. The number of rotatable bonds is 4. The highest BCUT2D eigenvalue weighted by atomic mass is 16.6. The third-order valence-corrected chi connectivity index (χ3v) is 6.86. The molecule has 0 bridgehead atoms. The standard InChI is InChI=1S/C30H31N5O4/c1-30(2,3)39-29(36)35-24-6-5-21(37-4)15-20(24)16-25(35)23-17-26(34-11-13-38-14-12-34)33-28-22(23)8-10-32-27(28)19-7-9-31-18-19/h5-10,15-17H,11-14,18H2,1-4H3. The van der Waals surface area contributed by atoms with E-state index in [0.29, 0.717) is 31.2 Å². The summed E-state index contributed by atoms with van der Waals surface area (Å²) < 4.78 is 18.6. The summed E-state index contributed by atoms with van der Waals surface area (Å²) in [5.41, 5.74) is 4.22. The van der Waals surface area contributed by atoms with Gasteiger partial charge in [0, 0.05) is 47.4 Å². The molecule has 1 fully saturated rings. The molecule has 200 valence electrons. The van der Waals surface area contributed by atoms with E-state index in [-0.39, 0.29) is 0 Å². The van der Waals surface area contributed by atoms with Crippen LogP contribution in [-0.2, 0) is 9.47 Å². The van der Waals surface area contributed by atoms with Crippen LogP contribution in [0.2, 0.25) is 0 Å². The first-order chi connectivity index (χ1) is 18.8. The van der Waals surface area contributed by atoms with Crippen LogP contribution in [0.4, 0.5) is 10.6 Å². The van der Waals surface area contributed by atoms with Crippen molar-refractivity contribution in [3.05, 3.63) is 54.4 Å². The van der Waals surface area contributed by atoms with Crippen molar-refractivity contribution >= 4 is 45.5 Å². The molecule has 0 N–H and O–H groups in total. The van der Waals surface area contributed by atoms with E-state index in [1.165, 1.54) is 0 Å². The molecule has 0 saturated carbocycles. The molecular formula is C30H31N5O4. The monoisotopic (exact) mass is 525 g/mol. The Balaban J connectivity index is 1.64. The van der Waals surface area contributed by atoms with E-state index in [1.807, 2.05) is 57.2 Å². The van der Waals surface area contributed by atoms with Crippen molar-refractivity contribution in [2.24, 2.45) is 4.99 Å². The number of carbonyl (C=O) groups is 1. The largest absolute Gasteiger partial charge is 0.497 e. The summed E-state index contributed by atoms with van der Waals surface area (Å²) in [6.45, 7) is 8.88. The third-order valence-electron chi connectivity index (χ3n) is 6.86. The summed E-state index contributed by atoms with van der Waals surface area (Å²) in [5.74, 6) is 1.52. The lowest BCUT2D eigenvalue weighted by molar-refractivity contribution is 0.0547. The highest BCUT2D eigenvalue weighted by Gasteiger charge is 2.26. The van der Waals surface area contributed by atoms with Crippen LogP contribution in [0.15, 0.2) is 53.7 Å². The van der Waals surface area contributed by atoms with Crippen molar-refractivity contribution in [3.63, 3.8) is 0 Å². The highest BCUT2D eigenvalue weighted by Crippen LogP contribution is 2.38. The van der Waals surface area contributed by atoms with Gasteiger partial charge in [0.15, 0.2) is 0 Å². The lowest BCUT2D eigenvalue weighted by Crippen LogP contribution is -2.36. The maximum absolute atomic E-state index is 13.7. The fourth-order valence-corrected chi connectivity index (χ4v) is 5.06. The second kappa shape index (κ2) is 9.81. The average molecular weight is 526 g/mol. The van der Waals surface area contributed by atoms with Gasteiger partial charge in [-0.3, -0.25) is 9.98 Å². The molecule has 0 radical (unpaired) electrons. The molecule has 0 unspecified atom stereocenters. The molecule has 0 aliphatic carbocycles. The van der Waals surface area contributed by atoms with E-state index in [2.05, 4.69) is 16.0 Å². The van der Waals surface area contributed by atoms with Crippen molar-refractivity contribution in [2.75, 3.05) is 44.9 Å². The molecule has 5 heterocycles. The number of ether oxygens (including phenoxy) is 3. The number of fused-ring (bicyclic) bond motifs is 2. The van der Waals surface area contributed by atoms with Crippen LogP contribution in [-0.4, -0.2) is 72.4 Å². The van der Waals surface area contributed by atoms with Gasteiger partial charge in [-0.1, -0.05) is 0 Å². The number of nitrogens with zero attached hydrogens (tertiary/aromatic N) is 5. The number of allylic oxidation sites excluding steroid dienone is 1. The molecule has 39 heavy (non-hydrogen) atoms. The van der Waals surface area contributed by atoms with Crippen molar-refractivity contribution in [3.8, 4) is 17.0 Å². The number of aromatic nitrogens is 3. The fraction of sp³-hybridized carbons (Fsp3) is 0.333. The minimum Gasteiger partial charge on any atom is -0.497 e. The van der Waals surface area contributed by atoms with Crippen LogP contribution in [0, 0.1) is 0 Å². The van der Waals surface area contributed by atoms with Gasteiger partial charge < -0.3 is 19.1 Å². The fourth-order valence-electron chi connectivity index (χ4n) is 5.06. The second-order valence-corrected chi connectivity index (χ2v) is 10.6. The van der Waals surface area contributed by atoms with Crippen molar-refractivity contribution in [2.45, 2.75) is 26.4 Å². The van der Waals surface area contributed by atoms with Crippen molar-refractivity contribution < 1.29 is 19.0 Å². The van der Waals surface area contributed by atoms with E-state index in [9.17, 15) is 4.79 Å². The molecule has 1 aromatic carbocycles. The minimum atomic E-state index is -0.664. The van der Waals surface area contributed by atoms with Gasteiger partial charge in [-0.05, 0) is 63.2 Å². The van der Waals surface area contributed by atoms with E-state index in [0.717, 1.165) is 57.5 Å². The summed E-state index contributed by atoms with van der Waals surface area (Å²) in [7, 11) is 1.63. The van der Waals surface area contributed by atoms with Gasteiger partial charge in [-0.25, -0.2) is 14.3 Å². The lowest BCUT2D eigenvalue weighted by atomic mass is 10.0. The second-order valence-electron chi connectivity index (χ2n) is 10.6. The molecule has 1 saturated heterocycles. The lowest BCUT2D eigenvalue weighted by Gasteiger charge is -2.29. The van der Waals surface area contributed by atoms with Crippen LogP contribution in [0.1, 0.15) is 26.5 Å². The van der Waals surface area contributed by atoms with E-state index < -0.39 is 11.7 Å². The number of hydrogen-bond acceptors (Lipinski definition) is 8. The normalized spacial score (nSPS) is 15.7. The predicted octanol–water partition coefficient (Wildman–Crippen LogP) is 5.35. The minimum absolute atomic E-state index is 0.447. The third kappa shape index (κ3) is 4.74. The Morgan fingerprint density at radius 2 is 1.90 bits per heavy atom. The molecular weight excluding hydrogens is 494 g/mol. The van der Waals surface area contributed by atoms with Gasteiger partial charge in [0.1, 0.15) is 17.2 Å². The molecule has 6 rings (SSSR count). The van der Waals surface area contributed by atoms with Gasteiger partial charge in [0.2, 0.25) is 0 Å². The number of methoxy groups -OCH3 is 1. The number of morpholine rings is 1. The van der Waals surface area contributed by atoms with Crippen molar-refractivity contribution in [1.29, 1.82) is 0 Å². The summed E-state index contributed by atoms with van der Waals surface area (Å²) in [6, 6.07) is 11.7. The molecule has 0 spiro atoms. The topological polar surface area (TPSA) is 91.1 Å². The number of aliphatic imine (C=N–C) groups is 1. The van der Waals surface area contributed by atoms with Crippen molar-refractivity contribution in [1.82, 2.24) is 14.5 Å². The summed E-state index contributed by atoms with van der Waals surface area (Å²) >= 11 is 0. The number of pyridine rings is 2. The smallest absolute Gasteiger partial charge is 0.419 e. The SMILES string of the molecule is COc1ccc2c(c1)cc(-c1cc(N3CCOCC3)nc3c(C4=CC=NC4)nccc13)n2C(=O)OC(C)(C)C. The summed E-state index contributed by atoms with van der Waals surface area (Å²) in [6.07, 6.45) is 5.13. The molecule has 2 aliphatic rings. The molecule has 9 heteroatoms. The summed E-state index contributed by atoms with van der Waals surface area (Å²) in [5, 5.41) is 1.76. The maximum Gasteiger partial charge on any atom is 0.419 e. The van der Waals surface area contributed by atoms with Crippen LogP contribution < -0.4 is 9.64 Å². The first-order valence-corrected chi connectivity index (χ1v) is 13.1. The Morgan fingerprint density at radius 1 is 1.08 bits per heavy atom. The Labute approximate surface area is 226 Å².